The Morgan fingerprint density at radius 2 is 1.27 bits per heavy atom. The number of para-hydroxylation sites is 2. The monoisotopic (exact) mass is 292 g/mol. The van der Waals surface area contributed by atoms with Crippen LogP contribution >= 0.6 is 0 Å². The van der Waals surface area contributed by atoms with Gasteiger partial charge in [0.15, 0.2) is 0 Å². The fraction of sp³-hybridized carbons (Fsp3) is 0. The molecule has 6 nitrogen and oxygen atoms in total. The maximum absolute atomic E-state index is 10.7. The molecule has 108 valence electrons. The van der Waals surface area contributed by atoms with E-state index >= 15 is 0 Å². The molecule has 0 spiro atoms. The Labute approximate surface area is 126 Å². The van der Waals surface area contributed by atoms with Gasteiger partial charge in [-0.2, -0.15) is 0 Å². The Balaban J connectivity index is 2.08. The summed E-state index contributed by atoms with van der Waals surface area (Å²) in [6.07, 6.45) is 2.42. The van der Waals surface area contributed by atoms with E-state index in [9.17, 15) is 10.1 Å². The summed E-state index contributed by atoms with van der Waals surface area (Å²) in [5.74, 6) is 0.378. The highest BCUT2D eigenvalue weighted by Gasteiger charge is 2.16. The van der Waals surface area contributed by atoms with Crippen molar-refractivity contribution in [3.63, 3.8) is 0 Å². The second kappa shape index (κ2) is 6.01. The van der Waals surface area contributed by atoms with Gasteiger partial charge in [0.2, 0.25) is 5.95 Å². The molecule has 0 aliphatic carbocycles. The van der Waals surface area contributed by atoms with Crippen molar-refractivity contribution < 1.29 is 4.92 Å². The van der Waals surface area contributed by atoms with Crippen LogP contribution in [0, 0.1) is 10.1 Å². The van der Waals surface area contributed by atoms with Gasteiger partial charge in [-0.15, -0.1) is 0 Å². The molecule has 0 amide bonds. The first-order chi connectivity index (χ1) is 10.8. The minimum Gasteiger partial charge on any atom is -0.279 e. The van der Waals surface area contributed by atoms with E-state index < -0.39 is 4.92 Å². The number of rotatable bonds is 4. The zero-order chi connectivity index (χ0) is 15.4. The van der Waals surface area contributed by atoms with Gasteiger partial charge in [0.05, 0.1) is 4.92 Å². The number of hydrogen-bond donors (Lipinski definition) is 0. The molecule has 0 fully saturated rings. The minimum atomic E-state index is -0.515. The molecular weight excluding hydrogens is 280 g/mol. The normalized spacial score (nSPS) is 10.2. The maximum atomic E-state index is 10.7. The van der Waals surface area contributed by atoms with Crippen molar-refractivity contribution in [1.29, 1.82) is 0 Å². The zero-order valence-corrected chi connectivity index (χ0v) is 11.5. The Kier molecular flexibility index (Phi) is 3.74. The summed E-state index contributed by atoms with van der Waals surface area (Å²) in [6.45, 7) is 0. The van der Waals surface area contributed by atoms with Crippen LogP contribution in [0.2, 0.25) is 0 Å². The smallest absolute Gasteiger partial charge is 0.279 e. The van der Waals surface area contributed by atoms with Gasteiger partial charge in [-0.05, 0) is 24.3 Å². The quantitative estimate of drug-likeness (QED) is 0.539. The van der Waals surface area contributed by atoms with Crippen LogP contribution in [-0.4, -0.2) is 14.9 Å². The Morgan fingerprint density at radius 3 is 1.68 bits per heavy atom. The van der Waals surface area contributed by atoms with Gasteiger partial charge in [-0.1, -0.05) is 36.4 Å². The molecule has 1 aromatic heterocycles. The minimum absolute atomic E-state index is 0.134. The topological polar surface area (TPSA) is 72.2 Å². The summed E-state index contributed by atoms with van der Waals surface area (Å²) in [7, 11) is 0. The molecule has 0 atom stereocenters. The van der Waals surface area contributed by atoms with Crippen molar-refractivity contribution in [3.05, 3.63) is 83.2 Å². The van der Waals surface area contributed by atoms with Crippen LogP contribution in [0.5, 0.6) is 0 Å². The molecule has 22 heavy (non-hydrogen) atoms. The number of aromatic nitrogens is 2. The van der Waals surface area contributed by atoms with E-state index in [1.54, 1.807) is 0 Å². The van der Waals surface area contributed by atoms with E-state index in [2.05, 4.69) is 9.97 Å². The number of nitro groups is 1. The second-order valence-corrected chi connectivity index (χ2v) is 4.50. The molecular formula is C16H12N4O2. The summed E-state index contributed by atoms with van der Waals surface area (Å²) >= 11 is 0. The number of hydrogen-bond acceptors (Lipinski definition) is 5. The molecule has 0 radical (unpaired) electrons. The van der Waals surface area contributed by atoms with E-state index in [4.69, 9.17) is 0 Å². The predicted octanol–water partition coefficient (Wildman–Crippen LogP) is 3.85. The average Bonchev–Trinajstić information content (AvgIpc) is 2.57. The first-order valence-electron chi connectivity index (χ1n) is 6.62. The Hall–Kier alpha value is -3.28. The van der Waals surface area contributed by atoms with Crippen molar-refractivity contribution in [2.75, 3.05) is 4.90 Å². The molecule has 0 N–H and O–H groups in total. The third kappa shape index (κ3) is 2.76. The number of benzene rings is 2. The van der Waals surface area contributed by atoms with Crippen LogP contribution in [0.4, 0.5) is 23.0 Å². The fourth-order valence-electron chi connectivity index (χ4n) is 2.06. The van der Waals surface area contributed by atoms with Crippen LogP contribution in [-0.2, 0) is 0 Å². The summed E-state index contributed by atoms with van der Waals surface area (Å²) in [5, 5.41) is 10.7. The Morgan fingerprint density at radius 1 is 0.818 bits per heavy atom. The van der Waals surface area contributed by atoms with E-state index in [1.807, 2.05) is 65.6 Å². The van der Waals surface area contributed by atoms with Gasteiger partial charge in [0.1, 0.15) is 12.4 Å². The first kappa shape index (κ1) is 13.7. The van der Waals surface area contributed by atoms with Crippen molar-refractivity contribution in [2.45, 2.75) is 0 Å². The summed E-state index contributed by atoms with van der Waals surface area (Å²) in [5.41, 5.74) is 1.62. The largest absolute Gasteiger partial charge is 0.305 e. The van der Waals surface area contributed by atoms with Crippen LogP contribution < -0.4 is 4.90 Å². The number of nitrogens with zero attached hydrogens (tertiary/aromatic N) is 4. The lowest BCUT2D eigenvalue weighted by atomic mass is 10.2. The lowest BCUT2D eigenvalue weighted by molar-refractivity contribution is -0.385. The molecule has 0 unspecified atom stereocenters. The molecule has 0 saturated carbocycles. The molecule has 1 heterocycles. The highest BCUT2D eigenvalue weighted by molar-refractivity contribution is 5.72. The molecule has 0 bridgehead atoms. The van der Waals surface area contributed by atoms with E-state index in [1.165, 1.54) is 12.4 Å². The SMILES string of the molecule is O=[N+]([O-])c1cnc(N(c2ccccc2)c2ccccc2)nc1. The molecule has 3 rings (SSSR count). The van der Waals surface area contributed by atoms with Crippen molar-refractivity contribution in [1.82, 2.24) is 9.97 Å². The highest BCUT2D eigenvalue weighted by atomic mass is 16.6. The van der Waals surface area contributed by atoms with Crippen LogP contribution in [0.1, 0.15) is 0 Å². The van der Waals surface area contributed by atoms with Crippen LogP contribution in [0.15, 0.2) is 73.1 Å². The average molecular weight is 292 g/mol. The third-order valence-electron chi connectivity index (χ3n) is 3.06. The standard InChI is InChI=1S/C16H12N4O2/c21-20(22)15-11-17-16(18-12-15)19(13-7-3-1-4-8-13)14-9-5-2-6-10-14/h1-12H. The summed E-state index contributed by atoms with van der Waals surface area (Å²) in [6, 6.07) is 19.2. The van der Waals surface area contributed by atoms with Gasteiger partial charge in [-0.3, -0.25) is 15.0 Å². The molecule has 3 aromatic rings. The molecule has 0 aliphatic rings. The van der Waals surface area contributed by atoms with Gasteiger partial charge in [-0.25, -0.2) is 9.97 Å². The molecule has 2 aromatic carbocycles. The van der Waals surface area contributed by atoms with E-state index in [0.717, 1.165) is 11.4 Å². The second-order valence-electron chi connectivity index (χ2n) is 4.50. The van der Waals surface area contributed by atoms with Crippen LogP contribution in [0.25, 0.3) is 0 Å². The lowest BCUT2D eigenvalue weighted by Crippen LogP contribution is -2.13. The van der Waals surface area contributed by atoms with Gasteiger partial charge < -0.3 is 0 Å². The Bertz CT molecular complexity index is 722. The highest BCUT2D eigenvalue weighted by Crippen LogP contribution is 2.31. The maximum Gasteiger partial charge on any atom is 0.305 e. The van der Waals surface area contributed by atoms with Gasteiger partial charge in [0.25, 0.3) is 0 Å². The first-order valence-corrected chi connectivity index (χ1v) is 6.62. The van der Waals surface area contributed by atoms with Gasteiger partial charge >= 0.3 is 5.69 Å². The zero-order valence-electron chi connectivity index (χ0n) is 11.5. The fourth-order valence-corrected chi connectivity index (χ4v) is 2.06. The van der Waals surface area contributed by atoms with E-state index in [-0.39, 0.29) is 5.69 Å². The number of anilines is 3. The third-order valence-corrected chi connectivity index (χ3v) is 3.06. The van der Waals surface area contributed by atoms with Crippen molar-refractivity contribution in [3.8, 4) is 0 Å². The molecule has 6 heteroatoms. The predicted molar refractivity (Wildman–Crippen MR) is 83.4 cm³/mol. The van der Waals surface area contributed by atoms with Crippen molar-refractivity contribution in [2.24, 2.45) is 0 Å². The van der Waals surface area contributed by atoms with E-state index in [0.29, 0.717) is 5.95 Å². The van der Waals surface area contributed by atoms with Crippen LogP contribution in [0.3, 0.4) is 0 Å². The molecule has 0 aliphatic heterocycles. The van der Waals surface area contributed by atoms with Gasteiger partial charge in [0, 0.05) is 11.4 Å². The lowest BCUT2D eigenvalue weighted by Gasteiger charge is -2.22. The molecule has 0 saturated heterocycles. The summed E-state index contributed by atoms with van der Waals surface area (Å²) < 4.78 is 0. The summed E-state index contributed by atoms with van der Waals surface area (Å²) in [4.78, 5) is 20.3. The van der Waals surface area contributed by atoms with Crippen molar-refractivity contribution >= 4 is 23.0 Å².